The number of β-lactam (4-membered cyclic amide) rings is 1. The number of nitrogens with zero attached hydrogens (tertiary/aromatic N) is 2. The minimum atomic E-state index is -4.22. The molecule has 11 nitrogen and oxygen atoms in total. The van der Waals surface area contributed by atoms with Crippen LogP contribution < -0.4 is 5.32 Å². The van der Waals surface area contributed by atoms with Crippen LogP contribution in [-0.4, -0.2) is 53.5 Å². The van der Waals surface area contributed by atoms with Crippen molar-refractivity contribution in [2.75, 3.05) is 0 Å². The molecule has 1 saturated heterocycles. The standard InChI is InChI=1S/C29H27N3O8S2/c1-19(2)26(29(35)40-18-21-11-7-4-8-12-21)31-27(34)25(30-24(33)17-20-9-5-3-6-10-20)28(31)41-42(38,39)23-15-13-22(14-16-23)32(36)37/h3-16,25-26,28H,1,17-18H2,2H3,(H,30,33). The van der Waals surface area contributed by atoms with Gasteiger partial charge in [0.25, 0.3) is 5.69 Å². The van der Waals surface area contributed by atoms with E-state index in [0.29, 0.717) is 21.9 Å². The molecule has 0 spiro atoms. The Morgan fingerprint density at radius 1 is 1.02 bits per heavy atom. The lowest BCUT2D eigenvalue weighted by Crippen LogP contribution is -2.73. The monoisotopic (exact) mass is 609 g/mol. The maximum Gasteiger partial charge on any atom is 0.333 e. The summed E-state index contributed by atoms with van der Waals surface area (Å²) in [6.07, 6.45) is -0.0554. The summed E-state index contributed by atoms with van der Waals surface area (Å²) in [7, 11) is -3.87. The van der Waals surface area contributed by atoms with Crippen LogP contribution in [0.4, 0.5) is 5.69 Å². The molecule has 3 unspecified atom stereocenters. The third kappa shape index (κ3) is 7.04. The molecule has 42 heavy (non-hydrogen) atoms. The second-order valence-electron chi connectivity index (χ2n) is 9.49. The van der Waals surface area contributed by atoms with E-state index < -0.39 is 49.0 Å². The number of amides is 2. The van der Waals surface area contributed by atoms with Crippen molar-refractivity contribution in [1.82, 2.24) is 10.2 Å². The number of likely N-dealkylation sites (tertiary alicyclic amines) is 1. The van der Waals surface area contributed by atoms with E-state index >= 15 is 0 Å². The number of esters is 1. The summed E-state index contributed by atoms with van der Waals surface area (Å²) in [5, 5.41) is 12.4. The van der Waals surface area contributed by atoms with E-state index in [-0.39, 0.29) is 29.2 Å². The molecule has 1 fully saturated rings. The molecule has 4 rings (SSSR count). The molecule has 3 aromatic carbocycles. The summed E-state index contributed by atoms with van der Waals surface area (Å²) in [5.74, 6) is -2.01. The number of ether oxygens (including phenoxy) is 1. The van der Waals surface area contributed by atoms with Crippen LogP contribution in [0.1, 0.15) is 18.1 Å². The number of nitro groups is 1. The predicted octanol–water partition coefficient (Wildman–Crippen LogP) is 3.60. The Morgan fingerprint density at radius 2 is 1.60 bits per heavy atom. The van der Waals surface area contributed by atoms with Crippen molar-refractivity contribution in [2.45, 2.75) is 42.3 Å². The molecule has 0 saturated carbocycles. The number of nitrogens with one attached hydrogen (secondary N) is 1. The zero-order valence-electron chi connectivity index (χ0n) is 22.4. The van der Waals surface area contributed by atoms with Gasteiger partial charge in [-0.1, -0.05) is 67.2 Å². The summed E-state index contributed by atoms with van der Waals surface area (Å²) < 4.78 is 32.2. The van der Waals surface area contributed by atoms with E-state index in [2.05, 4.69) is 11.9 Å². The van der Waals surface area contributed by atoms with Crippen LogP contribution in [-0.2, 0) is 41.0 Å². The molecule has 0 aliphatic carbocycles. The number of benzene rings is 3. The fourth-order valence-corrected chi connectivity index (χ4v) is 7.79. The van der Waals surface area contributed by atoms with Crippen LogP contribution in [0.15, 0.2) is 102 Å². The summed E-state index contributed by atoms with van der Waals surface area (Å²) in [5.41, 5.74) is 1.33. The van der Waals surface area contributed by atoms with Gasteiger partial charge in [0.05, 0.1) is 16.2 Å². The highest BCUT2D eigenvalue weighted by Crippen LogP contribution is 2.40. The van der Waals surface area contributed by atoms with Crippen molar-refractivity contribution in [3.05, 3.63) is 118 Å². The summed E-state index contributed by atoms with van der Waals surface area (Å²) in [6, 6.07) is 19.3. The van der Waals surface area contributed by atoms with E-state index in [4.69, 9.17) is 4.74 Å². The van der Waals surface area contributed by atoms with Gasteiger partial charge in [0.15, 0.2) is 6.04 Å². The first-order valence-corrected chi connectivity index (χ1v) is 15.5. The van der Waals surface area contributed by atoms with Crippen molar-refractivity contribution in [2.24, 2.45) is 0 Å². The first-order chi connectivity index (χ1) is 20.0. The van der Waals surface area contributed by atoms with Gasteiger partial charge < -0.3 is 15.0 Å². The Morgan fingerprint density at radius 3 is 2.14 bits per heavy atom. The second-order valence-corrected chi connectivity index (χ2v) is 13.4. The molecule has 3 aromatic rings. The van der Waals surface area contributed by atoms with Crippen LogP contribution in [0.2, 0.25) is 0 Å². The van der Waals surface area contributed by atoms with E-state index in [0.717, 1.165) is 29.2 Å². The molecule has 0 radical (unpaired) electrons. The third-order valence-corrected chi connectivity index (χ3v) is 10.1. The highest BCUT2D eigenvalue weighted by Gasteiger charge is 2.55. The SMILES string of the molecule is C=C(C)C(C(=O)OCc1ccccc1)N1C(=O)C(NC(=O)Cc2ccccc2)C1SS(=O)(=O)c1ccc([N+](=O)[O-])cc1. The minimum absolute atomic E-state index is 0.0554. The number of non-ortho nitro benzene ring substituents is 1. The van der Waals surface area contributed by atoms with Gasteiger partial charge in [0.1, 0.15) is 18.0 Å². The van der Waals surface area contributed by atoms with Crippen LogP contribution in [0.5, 0.6) is 0 Å². The molecule has 0 aromatic heterocycles. The lowest BCUT2D eigenvalue weighted by atomic mass is 9.99. The maximum absolute atomic E-state index is 13.4. The first-order valence-electron chi connectivity index (χ1n) is 12.7. The number of nitro benzene ring substituents is 1. The van der Waals surface area contributed by atoms with E-state index in [1.165, 1.54) is 6.92 Å². The fraction of sp³-hybridized carbons (Fsp3) is 0.207. The normalized spacial score (nSPS) is 17.1. The minimum Gasteiger partial charge on any atom is -0.459 e. The molecule has 1 heterocycles. The van der Waals surface area contributed by atoms with Crippen LogP contribution in [0.3, 0.4) is 0 Å². The quantitative estimate of drug-likeness (QED) is 0.0810. The van der Waals surface area contributed by atoms with Crippen molar-refractivity contribution >= 4 is 43.1 Å². The summed E-state index contributed by atoms with van der Waals surface area (Å²) >= 11 is 0. The largest absolute Gasteiger partial charge is 0.459 e. The van der Waals surface area contributed by atoms with Crippen molar-refractivity contribution in [1.29, 1.82) is 0 Å². The number of hydrogen-bond donors (Lipinski definition) is 1. The maximum atomic E-state index is 13.4. The van der Waals surface area contributed by atoms with Crippen molar-refractivity contribution in [3.63, 3.8) is 0 Å². The predicted molar refractivity (Wildman–Crippen MR) is 155 cm³/mol. The average Bonchev–Trinajstić information content (AvgIpc) is 2.97. The molecule has 1 aliphatic rings. The average molecular weight is 610 g/mol. The Balaban J connectivity index is 1.59. The van der Waals surface area contributed by atoms with Crippen molar-refractivity contribution < 1.29 is 32.5 Å². The third-order valence-electron chi connectivity index (χ3n) is 6.36. The molecule has 3 atom stereocenters. The highest BCUT2D eigenvalue weighted by atomic mass is 33.1. The summed E-state index contributed by atoms with van der Waals surface area (Å²) in [4.78, 5) is 50.6. The zero-order chi connectivity index (χ0) is 30.4. The smallest absolute Gasteiger partial charge is 0.333 e. The van der Waals surface area contributed by atoms with Gasteiger partial charge in [-0.2, -0.15) is 0 Å². The first kappa shape index (κ1) is 30.5. The van der Waals surface area contributed by atoms with Gasteiger partial charge in [0, 0.05) is 22.9 Å². The highest BCUT2D eigenvalue weighted by molar-refractivity contribution is 8.72. The lowest BCUT2D eigenvalue weighted by Gasteiger charge is -2.49. The molecular weight excluding hydrogens is 582 g/mol. The van der Waals surface area contributed by atoms with E-state index in [1.807, 2.05) is 0 Å². The molecule has 0 bridgehead atoms. The Hall–Kier alpha value is -4.49. The Labute approximate surface area is 246 Å². The zero-order valence-corrected chi connectivity index (χ0v) is 24.0. The van der Waals surface area contributed by atoms with Crippen LogP contribution >= 0.6 is 10.8 Å². The number of carbonyl (C=O) groups excluding carboxylic acids is 3. The molecule has 1 aliphatic heterocycles. The number of carbonyl (C=O) groups is 3. The fourth-order valence-electron chi connectivity index (χ4n) is 4.28. The van der Waals surface area contributed by atoms with Crippen LogP contribution in [0, 0.1) is 10.1 Å². The lowest BCUT2D eigenvalue weighted by molar-refractivity contribution is -0.384. The molecule has 2 amide bonds. The van der Waals surface area contributed by atoms with Gasteiger partial charge >= 0.3 is 5.97 Å². The summed E-state index contributed by atoms with van der Waals surface area (Å²) in [6.45, 7) is 5.25. The Bertz CT molecular complexity index is 1600. The molecule has 1 N–H and O–H groups in total. The molecular formula is C29H27N3O8S2. The van der Waals surface area contributed by atoms with Crippen LogP contribution in [0.25, 0.3) is 0 Å². The number of rotatable bonds is 12. The topological polar surface area (TPSA) is 153 Å². The molecule has 218 valence electrons. The second kappa shape index (κ2) is 13.0. The van der Waals surface area contributed by atoms with Gasteiger partial charge in [-0.15, -0.1) is 0 Å². The number of hydrogen-bond acceptors (Lipinski definition) is 9. The van der Waals surface area contributed by atoms with Gasteiger partial charge in [-0.3, -0.25) is 19.7 Å². The van der Waals surface area contributed by atoms with Gasteiger partial charge in [0.2, 0.25) is 20.7 Å². The van der Waals surface area contributed by atoms with Gasteiger partial charge in [-0.05, 0) is 35.8 Å². The van der Waals surface area contributed by atoms with Gasteiger partial charge in [-0.25, -0.2) is 13.2 Å². The van der Waals surface area contributed by atoms with E-state index in [1.54, 1.807) is 60.7 Å². The molecule has 13 heteroatoms. The van der Waals surface area contributed by atoms with E-state index in [9.17, 15) is 32.9 Å². The Kier molecular flexibility index (Phi) is 9.43. The van der Waals surface area contributed by atoms with Crippen molar-refractivity contribution in [3.8, 4) is 0 Å².